The average molecular weight is 230 g/mol. The molecule has 2 aromatic rings. The molecule has 0 spiro atoms. The smallest absolute Gasteiger partial charge is 0.166 e. The van der Waals surface area contributed by atoms with Crippen LogP contribution in [0.15, 0.2) is 30.3 Å². The van der Waals surface area contributed by atoms with E-state index < -0.39 is 0 Å². The van der Waals surface area contributed by atoms with Crippen LogP contribution < -0.4 is 4.90 Å². The summed E-state index contributed by atoms with van der Waals surface area (Å²) in [4.78, 5) is 6.51. The van der Waals surface area contributed by atoms with Crippen LogP contribution in [0.5, 0.6) is 0 Å². The van der Waals surface area contributed by atoms with Crippen molar-refractivity contribution in [3.8, 4) is 0 Å². The van der Waals surface area contributed by atoms with Gasteiger partial charge in [0.2, 0.25) is 0 Å². The Bertz CT molecular complexity index is 533. The van der Waals surface area contributed by atoms with Crippen LogP contribution in [0.3, 0.4) is 0 Å². The van der Waals surface area contributed by atoms with Crippen LogP contribution in [0.1, 0.15) is 19.3 Å². The van der Waals surface area contributed by atoms with Crippen molar-refractivity contribution < 1.29 is 4.39 Å². The maximum absolute atomic E-state index is 14.0. The van der Waals surface area contributed by atoms with E-state index in [1.807, 2.05) is 24.3 Å². The molecule has 1 aromatic heterocycles. The molecule has 0 bridgehead atoms. The SMILES string of the molecule is Fc1cc2ccccc2nc1N1CCCCC1. The fourth-order valence-corrected chi connectivity index (χ4v) is 2.41. The third-order valence-electron chi connectivity index (χ3n) is 3.31. The van der Waals surface area contributed by atoms with Gasteiger partial charge in [-0.25, -0.2) is 9.37 Å². The van der Waals surface area contributed by atoms with Crippen molar-refractivity contribution in [3.05, 3.63) is 36.1 Å². The average Bonchev–Trinajstić information content (AvgIpc) is 2.39. The molecule has 0 radical (unpaired) electrons. The highest BCUT2D eigenvalue weighted by molar-refractivity contribution is 5.80. The van der Waals surface area contributed by atoms with Gasteiger partial charge in [-0.05, 0) is 31.4 Å². The summed E-state index contributed by atoms with van der Waals surface area (Å²) in [6.07, 6.45) is 3.51. The molecule has 3 heteroatoms. The van der Waals surface area contributed by atoms with Gasteiger partial charge >= 0.3 is 0 Å². The van der Waals surface area contributed by atoms with Gasteiger partial charge in [-0.15, -0.1) is 0 Å². The lowest BCUT2D eigenvalue weighted by molar-refractivity contribution is 0.551. The molecule has 2 heterocycles. The number of aromatic nitrogens is 1. The lowest BCUT2D eigenvalue weighted by Gasteiger charge is -2.28. The minimum absolute atomic E-state index is 0.203. The standard InChI is InChI=1S/C14H15FN2/c15-12-10-11-6-2-3-7-13(11)16-14(12)17-8-4-1-5-9-17/h2-3,6-7,10H,1,4-5,8-9H2. The second-order valence-corrected chi connectivity index (χ2v) is 4.53. The Hall–Kier alpha value is -1.64. The summed E-state index contributed by atoms with van der Waals surface area (Å²) < 4.78 is 14.0. The summed E-state index contributed by atoms with van der Waals surface area (Å²) in [5.74, 6) is 0.314. The number of fused-ring (bicyclic) bond motifs is 1. The van der Waals surface area contributed by atoms with Gasteiger partial charge in [0.15, 0.2) is 11.6 Å². The minimum atomic E-state index is -0.203. The van der Waals surface area contributed by atoms with E-state index in [1.165, 1.54) is 6.42 Å². The molecule has 0 N–H and O–H groups in total. The number of benzene rings is 1. The first-order valence-corrected chi connectivity index (χ1v) is 6.15. The van der Waals surface area contributed by atoms with E-state index in [-0.39, 0.29) is 5.82 Å². The van der Waals surface area contributed by atoms with Gasteiger partial charge in [0.05, 0.1) is 5.52 Å². The van der Waals surface area contributed by atoms with E-state index in [9.17, 15) is 4.39 Å². The molecule has 1 aliphatic rings. The maximum Gasteiger partial charge on any atom is 0.166 e. The number of anilines is 1. The molecule has 0 aliphatic carbocycles. The van der Waals surface area contributed by atoms with Crippen LogP contribution in [-0.2, 0) is 0 Å². The molecular formula is C14H15FN2. The Kier molecular flexibility index (Phi) is 2.67. The topological polar surface area (TPSA) is 16.1 Å². The second kappa shape index (κ2) is 4.32. The van der Waals surface area contributed by atoms with Crippen molar-refractivity contribution in [3.63, 3.8) is 0 Å². The second-order valence-electron chi connectivity index (χ2n) is 4.53. The molecule has 0 unspecified atom stereocenters. The normalized spacial score (nSPS) is 16.4. The van der Waals surface area contributed by atoms with Crippen LogP contribution in [0.2, 0.25) is 0 Å². The van der Waals surface area contributed by atoms with Crippen molar-refractivity contribution in [1.29, 1.82) is 0 Å². The van der Waals surface area contributed by atoms with Gasteiger partial charge in [-0.3, -0.25) is 0 Å². The van der Waals surface area contributed by atoms with Crippen molar-refractivity contribution in [2.45, 2.75) is 19.3 Å². The molecule has 0 amide bonds. The van der Waals surface area contributed by atoms with Crippen LogP contribution in [0.4, 0.5) is 10.2 Å². The lowest BCUT2D eigenvalue weighted by atomic mass is 10.1. The van der Waals surface area contributed by atoms with Gasteiger partial charge < -0.3 is 4.90 Å². The third kappa shape index (κ3) is 1.97. The monoisotopic (exact) mass is 230 g/mol. The zero-order valence-corrected chi connectivity index (χ0v) is 9.69. The highest BCUT2D eigenvalue weighted by atomic mass is 19.1. The lowest BCUT2D eigenvalue weighted by Crippen LogP contribution is -2.30. The number of piperidine rings is 1. The minimum Gasteiger partial charge on any atom is -0.354 e. The Morgan fingerprint density at radius 1 is 1.06 bits per heavy atom. The van der Waals surface area contributed by atoms with Crippen molar-refractivity contribution >= 4 is 16.7 Å². The molecule has 0 saturated carbocycles. The Balaban J connectivity index is 2.06. The molecule has 1 aromatic carbocycles. The summed E-state index contributed by atoms with van der Waals surface area (Å²) in [5, 5.41) is 0.866. The van der Waals surface area contributed by atoms with Gasteiger partial charge in [-0.2, -0.15) is 0 Å². The zero-order chi connectivity index (χ0) is 11.7. The number of hydrogen-bond acceptors (Lipinski definition) is 2. The largest absolute Gasteiger partial charge is 0.354 e. The summed E-state index contributed by atoms with van der Waals surface area (Å²) in [5.41, 5.74) is 0.870. The Morgan fingerprint density at radius 3 is 2.65 bits per heavy atom. The van der Waals surface area contributed by atoms with E-state index in [0.29, 0.717) is 5.82 Å². The van der Waals surface area contributed by atoms with Crippen molar-refractivity contribution in [2.75, 3.05) is 18.0 Å². The molecule has 2 nitrogen and oxygen atoms in total. The fourth-order valence-electron chi connectivity index (χ4n) is 2.41. The molecular weight excluding hydrogens is 215 g/mol. The number of rotatable bonds is 1. The summed E-state index contributed by atoms with van der Waals surface area (Å²) in [7, 11) is 0. The number of para-hydroxylation sites is 1. The third-order valence-corrected chi connectivity index (χ3v) is 3.31. The maximum atomic E-state index is 14.0. The summed E-state index contributed by atoms with van der Waals surface area (Å²) in [6, 6.07) is 9.26. The highest BCUT2D eigenvalue weighted by Crippen LogP contribution is 2.24. The highest BCUT2D eigenvalue weighted by Gasteiger charge is 2.16. The predicted octanol–water partition coefficient (Wildman–Crippen LogP) is 3.36. The first-order chi connectivity index (χ1) is 8.34. The number of hydrogen-bond donors (Lipinski definition) is 0. The van der Waals surface area contributed by atoms with Crippen LogP contribution in [0.25, 0.3) is 10.9 Å². The van der Waals surface area contributed by atoms with E-state index >= 15 is 0 Å². The Labute approximate surface area is 100 Å². The van der Waals surface area contributed by atoms with Gasteiger partial charge in [0, 0.05) is 18.5 Å². The van der Waals surface area contributed by atoms with Crippen molar-refractivity contribution in [2.24, 2.45) is 0 Å². The van der Waals surface area contributed by atoms with Gasteiger partial charge in [0.1, 0.15) is 0 Å². The van der Waals surface area contributed by atoms with E-state index in [1.54, 1.807) is 6.07 Å². The molecule has 17 heavy (non-hydrogen) atoms. The molecule has 0 atom stereocenters. The quantitative estimate of drug-likeness (QED) is 0.746. The molecule has 88 valence electrons. The Morgan fingerprint density at radius 2 is 1.82 bits per heavy atom. The first-order valence-electron chi connectivity index (χ1n) is 6.15. The summed E-state index contributed by atoms with van der Waals surface area (Å²) in [6.45, 7) is 1.84. The summed E-state index contributed by atoms with van der Waals surface area (Å²) >= 11 is 0. The molecule has 3 rings (SSSR count). The first kappa shape index (κ1) is 10.5. The fraction of sp³-hybridized carbons (Fsp3) is 0.357. The van der Waals surface area contributed by atoms with Gasteiger partial charge in [0.25, 0.3) is 0 Å². The number of pyridine rings is 1. The zero-order valence-electron chi connectivity index (χ0n) is 9.69. The molecule has 1 fully saturated rings. The molecule has 1 aliphatic heterocycles. The van der Waals surface area contributed by atoms with E-state index in [2.05, 4.69) is 9.88 Å². The van der Waals surface area contributed by atoms with E-state index in [0.717, 1.165) is 36.8 Å². The van der Waals surface area contributed by atoms with Crippen LogP contribution in [0, 0.1) is 5.82 Å². The van der Waals surface area contributed by atoms with Gasteiger partial charge in [-0.1, -0.05) is 18.2 Å². The predicted molar refractivity (Wildman–Crippen MR) is 67.8 cm³/mol. The number of nitrogens with zero attached hydrogens (tertiary/aromatic N) is 2. The van der Waals surface area contributed by atoms with E-state index in [4.69, 9.17) is 0 Å². The van der Waals surface area contributed by atoms with Crippen LogP contribution >= 0.6 is 0 Å². The number of halogens is 1. The molecule has 1 saturated heterocycles. The van der Waals surface area contributed by atoms with Crippen LogP contribution in [-0.4, -0.2) is 18.1 Å². The van der Waals surface area contributed by atoms with Crippen molar-refractivity contribution in [1.82, 2.24) is 4.98 Å².